The number of esters is 1. The summed E-state index contributed by atoms with van der Waals surface area (Å²) in [6, 6.07) is -0.247. The molecule has 0 spiro atoms. The van der Waals surface area contributed by atoms with E-state index in [1.807, 2.05) is 31.8 Å². The number of hydrogen-bond donors (Lipinski definition) is 1. The van der Waals surface area contributed by atoms with Crippen molar-refractivity contribution in [3.8, 4) is 0 Å². The Balaban J connectivity index is 2.38. The van der Waals surface area contributed by atoms with Crippen molar-refractivity contribution in [1.82, 2.24) is 19.8 Å². The molecule has 1 atom stereocenters. The van der Waals surface area contributed by atoms with Crippen LogP contribution in [0.3, 0.4) is 0 Å². The number of aromatic nitrogens is 2. The third-order valence-electron chi connectivity index (χ3n) is 3.05. The Morgan fingerprint density at radius 2 is 2.37 bits per heavy atom. The Labute approximate surface area is 114 Å². The second-order valence-electron chi connectivity index (χ2n) is 4.57. The van der Waals surface area contributed by atoms with Gasteiger partial charge in [-0.05, 0) is 27.4 Å². The molecule has 6 heteroatoms. The van der Waals surface area contributed by atoms with Gasteiger partial charge in [0.15, 0.2) is 0 Å². The molecular formula is C13H24N4O2. The number of likely N-dealkylation sites (N-methyl/N-ethyl adjacent to an activating group) is 1. The average Bonchev–Trinajstić information content (AvgIpc) is 2.76. The molecule has 0 aliphatic heterocycles. The number of imidazole rings is 1. The van der Waals surface area contributed by atoms with Crippen LogP contribution in [-0.4, -0.2) is 53.7 Å². The molecule has 0 amide bonds. The van der Waals surface area contributed by atoms with E-state index < -0.39 is 0 Å². The van der Waals surface area contributed by atoms with Crippen LogP contribution in [0.25, 0.3) is 0 Å². The van der Waals surface area contributed by atoms with Gasteiger partial charge in [0.2, 0.25) is 0 Å². The molecule has 1 N–H and O–H groups in total. The fraction of sp³-hybridized carbons (Fsp3) is 0.692. The van der Waals surface area contributed by atoms with Gasteiger partial charge < -0.3 is 14.6 Å². The Morgan fingerprint density at radius 3 is 2.89 bits per heavy atom. The van der Waals surface area contributed by atoms with Gasteiger partial charge in [0.1, 0.15) is 11.9 Å². The molecule has 0 saturated carbocycles. The minimum atomic E-state index is -0.247. The summed E-state index contributed by atoms with van der Waals surface area (Å²) in [6.45, 7) is 3.80. The average molecular weight is 268 g/mol. The van der Waals surface area contributed by atoms with Crippen LogP contribution >= 0.6 is 0 Å². The van der Waals surface area contributed by atoms with E-state index >= 15 is 0 Å². The molecule has 0 saturated heterocycles. The fourth-order valence-corrected chi connectivity index (χ4v) is 1.84. The number of aryl methyl sites for hydroxylation is 1. The van der Waals surface area contributed by atoms with Gasteiger partial charge in [-0.2, -0.15) is 0 Å². The third-order valence-corrected chi connectivity index (χ3v) is 3.05. The highest BCUT2D eigenvalue weighted by atomic mass is 16.5. The van der Waals surface area contributed by atoms with Crippen LogP contribution in [0, 0.1) is 0 Å². The van der Waals surface area contributed by atoms with Crippen LogP contribution in [0.2, 0.25) is 0 Å². The van der Waals surface area contributed by atoms with Crippen molar-refractivity contribution in [2.24, 2.45) is 7.05 Å². The maximum absolute atomic E-state index is 11.6. The Morgan fingerprint density at radius 1 is 1.63 bits per heavy atom. The zero-order valence-corrected chi connectivity index (χ0v) is 12.2. The fourth-order valence-electron chi connectivity index (χ4n) is 1.84. The maximum Gasteiger partial charge on any atom is 0.323 e. The molecule has 0 fully saturated rings. The molecule has 1 heterocycles. The van der Waals surface area contributed by atoms with Crippen LogP contribution in [0.5, 0.6) is 0 Å². The SMILES string of the molecule is CCOC(=O)C(CCN(C)Cc1nccn1C)NC. The normalized spacial score (nSPS) is 12.7. The van der Waals surface area contributed by atoms with Crippen LogP contribution in [-0.2, 0) is 23.1 Å². The van der Waals surface area contributed by atoms with Gasteiger partial charge in [-0.1, -0.05) is 0 Å². The van der Waals surface area contributed by atoms with Crippen LogP contribution in [0.15, 0.2) is 12.4 Å². The zero-order valence-electron chi connectivity index (χ0n) is 12.2. The summed E-state index contributed by atoms with van der Waals surface area (Å²) in [6.07, 6.45) is 4.44. The minimum absolute atomic E-state index is 0.185. The Hall–Kier alpha value is -1.40. The van der Waals surface area contributed by atoms with Gasteiger partial charge in [0.05, 0.1) is 13.2 Å². The first-order valence-electron chi connectivity index (χ1n) is 6.57. The lowest BCUT2D eigenvalue weighted by atomic mass is 10.2. The minimum Gasteiger partial charge on any atom is -0.465 e. The number of rotatable bonds is 8. The van der Waals surface area contributed by atoms with E-state index in [1.54, 1.807) is 13.2 Å². The molecule has 0 aliphatic rings. The van der Waals surface area contributed by atoms with Crippen LogP contribution < -0.4 is 5.32 Å². The van der Waals surface area contributed by atoms with E-state index in [2.05, 4.69) is 15.2 Å². The number of hydrogen-bond acceptors (Lipinski definition) is 5. The summed E-state index contributed by atoms with van der Waals surface area (Å²) in [5, 5.41) is 2.99. The lowest BCUT2D eigenvalue weighted by molar-refractivity contribution is -0.145. The largest absolute Gasteiger partial charge is 0.465 e. The monoisotopic (exact) mass is 268 g/mol. The predicted molar refractivity (Wildman–Crippen MR) is 73.6 cm³/mol. The number of carbonyl (C=O) groups excluding carboxylic acids is 1. The van der Waals surface area contributed by atoms with E-state index in [0.717, 1.165) is 25.3 Å². The summed E-state index contributed by atoms with van der Waals surface area (Å²) in [5.74, 6) is 0.829. The molecule has 0 aromatic carbocycles. The third kappa shape index (κ3) is 5.00. The molecule has 0 radical (unpaired) electrons. The molecule has 6 nitrogen and oxygen atoms in total. The van der Waals surface area contributed by atoms with Crippen molar-refractivity contribution in [3.63, 3.8) is 0 Å². The topological polar surface area (TPSA) is 59.4 Å². The number of nitrogens with one attached hydrogen (secondary N) is 1. The van der Waals surface area contributed by atoms with Crippen molar-refractivity contribution in [2.45, 2.75) is 25.9 Å². The van der Waals surface area contributed by atoms with Crippen molar-refractivity contribution in [1.29, 1.82) is 0 Å². The zero-order chi connectivity index (χ0) is 14.3. The Kier molecular flexibility index (Phi) is 6.52. The second kappa shape index (κ2) is 7.91. The highest BCUT2D eigenvalue weighted by molar-refractivity contribution is 5.75. The number of ether oxygens (including phenoxy) is 1. The standard InChI is InChI=1S/C13H24N4O2/c1-5-19-13(18)11(14-2)6-8-16(3)10-12-15-7-9-17(12)4/h7,9,11,14H,5-6,8,10H2,1-4H3. The number of nitrogens with zero attached hydrogens (tertiary/aromatic N) is 3. The van der Waals surface area contributed by atoms with Gasteiger partial charge in [0, 0.05) is 26.0 Å². The molecule has 108 valence electrons. The van der Waals surface area contributed by atoms with Crippen LogP contribution in [0.1, 0.15) is 19.2 Å². The highest BCUT2D eigenvalue weighted by Gasteiger charge is 2.18. The molecule has 0 aliphatic carbocycles. The first-order chi connectivity index (χ1) is 9.08. The quantitative estimate of drug-likeness (QED) is 0.691. The van der Waals surface area contributed by atoms with Gasteiger partial charge in [-0.15, -0.1) is 0 Å². The first kappa shape index (κ1) is 15.7. The molecule has 19 heavy (non-hydrogen) atoms. The highest BCUT2D eigenvalue weighted by Crippen LogP contribution is 2.02. The van der Waals surface area contributed by atoms with Gasteiger partial charge >= 0.3 is 5.97 Å². The van der Waals surface area contributed by atoms with Gasteiger partial charge in [0.25, 0.3) is 0 Å². The van der Waals surface area contributed by atoms with Crippen molar-refractivity contribution >= 4 is 5.97 Å². The van der Waals surface area contributed by atoms with E-state index in [-0.39, 0.29) is 12.0 Å². The van der Waals surface area contributed by atoms with Crippen molar-refractivity contribution in [2.75, 3.05) is 27.2 Å². The summed E-state index contributed by atoms with van der Waals surface area (Å²) < 4.78 is 7.01. The van der Waals surface area contributed by atoms with E-state index in [1.165, 1.54) is 0 Å². The Bertz CT molecular complexity index is 392. The molecule has 1 rings (SSSR count). The summed E-state index contributed by atoms with van der Waals surface area (Å²) in [5.41, 5.74) is 0. The second-order valence-corrected chi connectivity index (χ2v) is 4.57. The van der Waals surface area contributed by atoms with Crippen molar-refractivity contribution in [3.05, 3.63) is 18.2 Å². The predicted octanol–water partition coefficient (Wildman–Crippen LogP) is 0.393. The van der Waals surface area contributed by atoms with Gasteiger partial charge in [-0.3, -0.25) is 9.69 Å². The maximum atomic E-state index is 11.6. The number of carbonyl (C=O) groups is 1. The lowest BCUT2D eigenvalue weighted by Crippen LogP contribution is -2.38. The van der Waals surface area contributed by atoms with E-state index in [9.17, 15) is 4.79 Å². The van der Waals surface area contributed by atoms with E-state index in [4.69, 9.17) is 4.74 Å². The summed E-state index contributed by atoms with van der Waals surface area (Å²) in [7, 11) is 5.78. The summed E-state index contributed by atoms with van der Waals surface area (Å²) >= 11 is 0. The molecule has 1 unspecified atom stereocenters. The lowest BCUT2D eigenvalue weighted by Gasteiger charge is -2.20. The van der Waals surface area contributed by atoms with Crippen LogP contribution in [0.4, 0.5) is 0 Å². The smallest absolute Gasteiger partial charge is 0.323 e. The molecule has 0 bridgehead atoms. The first-order valence-corrected chi connectivity index (χ1v) is 6.57. The van der Waals surface area contributed by atoms with E-state index in [0.29, 0.717) is 6.61 Å². The summed E-state index contributed by atoms with van der Waals surface area (Å²) in [4.78, 5) is 18.1. The molecule has 1 aromatic rings. The van der Waals surface area contributed by atoms with Crippen molar-refractivity contribution < 1.29 is 9.53 Å². The molecular weight excluding hydrogens is 244 g/mol. The van der Waals surface area contributed by atoms with Gasteiger partial charge in [-0.25, -0.2) is 4.98 Å². The molecule has 1 aromatic heterocycles.